The van der Waals surface area contributed by atoms with Crippen LogP contribution in [0.1, 0.15) is 21.7 Å². The van der Waals surface area contributed by atoms with Gasteiger partial charge in [-0.2, -0.15) is 0 Å². The summed E-state index contributed by atoms with van der Waals surface area (Å²) in [5.74, 6) is 0.870. The van der Waals surface area contributed by atoms with Crippen LogP contribution in [0.3, 0.4) is 0 Å². The van der Waals surface area contributed by atoms with Gasteiger partial charge >= 0.3 is 0 Å². The van der Waals surface area contributed by atoms with E-state index in [1.54, 1.807) is 24.8 Å². The Labute approximate surface area is 198 Å². The Morgan fingerprint density at radius 3 is 2.76 bits per heavy atom. The van der Waals surface area contributed by atoms with Crippen LogP contribution in [0.4, 0.5) is 5.13 Å². The number of imidazole rings is 1. The number of hydrogen-bond acceptors (Lipinski definition) is 7. The second kappa shape index (κ2) is 9.91. The fourth-order valence-corrected chi connectivity index (χ4v) is 5.24. The van der Waals surface area contributed by atoms with Crippen molar-refractivity contribution in [2.24, 2.45) is 0 Å². The summed E-state index contributed by atoms with van der Waals surface area (Å²) >= 11 is 1.80. The molecule has 8 heteroatoms. The van der Waals surface area contributed by atoms with Crippen LogP contribution in [0.15, 0.2) is 48.8 Å². The molecule has 5 rings (SSSR count). The average Bonchev–Trinajstić information content (AvgIpc) is 3.45. The summed E-state index contributed by atoms with van der Waals surface area (Å²) in [6.07, 6.45) is 1.74. The van der Waals surface area contributed by atoms with E-state index >= 15 is 0 Å². The molecule has 1 aliphatic rings. The molecular weight excluding hydrogens is 434 g/mol. The third kappa shape index (κ3) is 5.19. The van der Waals surface area contributed by atoms with Crippen LogP contribution in [0, 0.1) is 6.92 Å². The minimum Gasteiger partial charge on any atom is -0.497 e. The molecule has 1 N–H and O–H groups in total. The number of H-pyrrole nitrogens is 1. The summed E-state index contributed by atoms with van der Waals surface area (Å²) in [6, 6.07) is 14.7. The molecule has 33 heavy (non-hydrogen) atoms. The molecule has 0 saturated carbocycles. The van der Waals surface area contributed by atoms with Crippen LogP contribution in [-0.2, 0) is 24.4 Å². The predicted molar refractivity (Wildman–Crippen MR) is 132 cm³/mol. The van der Waals surface area contributed by atoms with Crippen LogP contribution in [0.5, 0.6) is 5.75 Å². The highest BCUT2D eigenvalue weighted by molar-refractivity contribution is 7.15. The van der Waals surface area contributed by atoms with E-state index in [1.807, 2.05) is 12.1 Å². The quantitative estimate of drug-likeness (QED) is 0.418. The summed E-state index contributed by atoms with van der Waals surface area (Å²) in [6.45, 7) is 8.13. The van der Waals surface area contributed by atoms with Gasteiger partial charge in [0.15, 0.2) is 5.13 Å². The first kappa shape index (κ1) is 21.9. The fourth-order valence-electron chi connectivity index (χ4n) is 4.14. The van der Waals surface area contributed by atoms with Gasteiger partial charge in [-0.3, -0.25) is 4.90 Å². The highest BCUT2D eigenvalue weighted by atomic mass is 32.1. The molecule has 0 spiro atoms. The number of ether oxygens (including phenoxy) is 2. The lowest BCUT2D eigenvalue weighted by Gasteiger charge is -2.26. The van der Waals surface area contributed by atoms with Crippen LogP contribution in [-0.4, -0.2) is 53.3 Å². The molecule has 7 nitrogen and oxygen atoms in total. The number of benzene rings is 2. The molecule has 1 saturated heterocycles. The summed E-state index contributed by atoms with van der Waals surface area (Å²) in [4.78, 5) is 18.7. The number of aromatic nitrogens is 3. The average molecular weight is 464 g/mol. The predicted octanol–water partition coefficient (Wildman–Crippen LogP) is 4.38. The Bertz CT molecular complexity index is 1210. The van der Waals surface area contributed by atoms with Crippen molar-refractivity contribution < 1.29 is 9.47 Å². The molecule has 0 amide bonds. The minimum absolute atomic E-state index is 0.752. The largest absolute Gasteiger partial charge is 0.497 e. The highest BCUT2D eigenvalue weighted by Crippen LogP contribution is 2.30. The van der Waals surface area contributed by atoms with Gasteiger partial charge in [0.1, 0.15) is 5.75 Å². The minimum atomic E-state index is 0.752. The smallest absolute Gasteiger partial charge is 0.186 e. The molecule has 0 bridgehead atoms. The lowest BCUT2D eigenvalue weighted by atomic mass is 10.1. The first-order valence-electron chi connectivity index (χ1n) is 11.2. The SMILES string of the molecule is COc1cccc(CN(Cc2ccc3nc[nH]c3c2)c2nc(C)c(CN3CCOCC3)s2)c1. The number of aryl methyl sites for hydroxylation is 1. The zero-order valence-corrected chi connectivity index (χ0v) is 19.9. The normalized spacial score (nSPS) is 14.6. The maximum absolute atomic E-state index is 5.51. The molecule has 3 heterocycles. The zero-order valence-electron chi connectivity index (χ0n) is 19.1. The molecule has 0 aliphatic carbocycles. The molecule has 1 aliphatic heterocycles. The Balaban J connectivity index is 1.42. The molecule has 1 fully saturated rings. The molecular formula is C25H29N5O2S. The van der Waals surface area contributed by atoms with Crippen LogP contribution < -0.4 is 9.64 Å². The van der Waals surface area contributed by atoms with Gasteiger partial charge in [0.25, 0.3) is 0 Å². The van der Waals surface area contributed by atoms with Crippen molar-refractivity contribution in [2.45, 2.75) is 26.6 Å². The number of thiazole rings is 1. The number of anilines is 1. The lowest BCUT2D eigenvalue weighted by Crippen LogP contribution is -2.35. The molecule has 4 aromatic rings. The Morgan fingerprint density at radius 2 is 1.94 bits per heavy atom. The summed E-state index contributed by atoms with van der Waals surface area (Å²) in [5, 5.41) is 1.04. The second-order valence-corrected chi connectivity index (χ2v) is 9.42. The number of rotatable bonds is 8. The van der Waals surface area contributed by atoms with E-state index in [1.165, 1.54) is 16.0 Å². The van der Waals surface area contributed by atoms with E-state index in [0.29, 0.717) is 0 Å². The number of fused-ring (bicyclic) bond motifs is 1. The van der Waals surface area contributed by atoms with Crippen molar-refractivity contribution in [2.75, 3.05) is 38.3 Å². The number of nitrogens with one attached hydrogen (secondary N) is 1. The molecule has 2 aromatic heterocycles. The lowest BCUT2D eigenvalue weighted by molar-refractivity contribution is 0.0345. The van der Waals surface area contributed by atoms with E-state index in [4.69, 9.17) is 14.5 Å². The number of hydrogen-bond donors (Lipinski definition) is 1. The van der Waals surface area contributed by atoms with Gasteiger partial charge in [0, 0.05) is 37.6 Å². The van der Waals surface area contributed by atoms with Crippen LogP contribution in [0.25, 0.3) is 11.0 Å². The maximum Gasteiger partial charge on any atom is 0.186 e. The van der Waals surface area contributed by atoms with Crippen molar-refractivity contribution in [3.05, 3.63) is 70.5 Å². The molecule has 0 unspecified atom stereocenters. The maximum atomic E-state index is 5.51. The zero-order chi connectivity index (χ0) is 22.6. The number of aromatic amines is 1. The third-order valence-corrected chi connectivity index (χ3v) is 7.19. The number of methoxy groups -OCH3 is 1. The summed E-state index contributed by atoms with van der Waals surface area (Å²) in [5.41, 5.74) is 5.56. The standard InChI is InChI=1S/C25H29N5O2S/c1-18-24(16-29-8-10-32-11-9-29)33-25(28-18)30(14-19-4-3-5-21(12-19)31-2)15-20-6-7-22-23(13-20)27-17-26-22/h3-7,12-13,17H,8-11,14-16H2,1-2H3,(H,26,27). The highest BCUT2D eigenvalue weighted by Gasteiger charge is 2.19. The van der Waals surface area contributed by atoms with Gasteiger partial charge < -0.3 is 19.4 Å². The molecule has 2 aromatic carbocycles. The van der Waals surface area contributed by atoms with Crippen molar-refractivity contribution in [1.82, 2.24) is 19.9 Å². The summed E-state index contributed by atoms with van der Waals surface area (Å²) in [7, 11) is 1.71. The van der Waals surface area contributed by atoms with Crippen molar-refractivity contribution in [3.63, 3.8) is 0 Å². The van der Waals surface area contributed by atoms with Gasteiger partial charge in [-0.1, -0.05) is 18.2 Å². The van der Waals surface area contributed by atoms with E-state index in [2.05, 4.69) is 57.0 Å². The Morgan fingerprint density at radius 1 is 1.12 bits per heavy atom. The Hall–Kier alpha value is -2.94. The number of morpholine rings is 1. The van der Waals surface area contributed by atoms with Crippen molar-refractivity contribution in [3.8, 4) is 5.75 Å². The molecule has 0 radical (unpaired) electrons. The number of nitrogens with zero attached hydrogens (tertiary/aromatic N) is 4. The van der Waals surface area contributed by atoms with Gasteiger partial charge in [0.05, 0.1) is 43.4 Å². The first-order valence-corrected chi connectivity index (χ1v) is 12.1. The van der Waals surface area contributed by atoms with E-state index < -0.39 is 0 Å². The van der Waals surface area contributed by atoms with E-state index in [9.17, 15) is 0 Å². The molecule has 172 valence electrons. The van der Waals surface area contributed by atoms with Gasteiger partial charge in [-0.05, 0) is 42.3 Å². The van der Waals surface area contributed by atoms with Crippen molar-refractivity contribution >= 4 is 27.5 Å². The van der Waals surface area contributed by atoms with E-state index in [0.717, 1.165) is 73.5 Å². The van der Waals surface area contributed by atoms with Gasteiger partial charge in [-0.15, -0.1) is 11.3 Å². The Kier molecular flexibility index (Phi) is 6.57. The summed E-state index contributed by atoms with van der Waals surface area (Å²) < 4.78 is 11.0. The second-order valence-electron chi connectivity index (χ2n) is 8.36. The topological polar surface area (TPSA) is 66.5 Å². The van der Waals surface area contributed by atoms with Crippen LogP contribution >= 0.6 is 11.3 Å². The van der Waals surface area contributed by atoms with Crippen molar-refractivity contribution in [1.29, 1.82) is 0 Å². The van der Waals surface area contributed by atoms with Crippen LogP contribution in [0.2, 0.25) is 0 Å². The van der Waals surface area contributed by atoms with Gasteiger partial charge in [0.2, 0.25) is 0 Å². The van der Waals surface area contributed by atoms with Gasteiger partial charge in [-0.25, -0.2) is 9.97 Å². The molecule has 0 atom stereocenters. The first-order chi connectivity index (χ1) is 16.2. The third-order valence-electron chi connectivity index (χ3n) is 5.99. The fraction of sp³-hybridized carbons (Fsp3) is 0.360. The monoisotopic (exact) mass is 463 g/mol. The van der Waals surface area contributed by atoms with E-state index in [-0.39, 0.29) is 0 Å².